The zero-order chi connectivity index (χ0) is 21.1. The monoisotopic (exact) mass is 437 g/mol. The van der Waals surface area contributed by atoms with Crippen LogP contribution in [0.4, 0.5) is 17.1 Å². The molecule has 3 aromatic rings. The maximum atomic E-state index is 12.7. The van der Waals surface area contributed by atoms with Gasteiger partial charge in [0, 0.05) is 22.2 Å². The lowest BCUT2D eigenvalue weighted by Crippen LogP contribution is -2.26. The van der Waals surface area contributed by atoms with Crippen molar-refractivity contribution in [3.63, 3.8) is 0 Å². The van der Waals surface area contributed by atoms with Crippen LogP contribution in [-0.4, -0.2) is 21.6 Å². The van der Waals surface area contributed by atoms with Crippen molar-refractivity contribution in [1.82, 2.24) is 0 Å². The van der Waals surface area contributed by atoms with Gasteiger partial charge >= 0.3 is 0 Å². The number of thioether (sulfide) groups is 1. The highest BCUT2D eigenvalue weighted by Crippen LogP contribution is 2.36. The number of carbonyl (C=O) groups excluding carboxylic acids is 2. The van der Waals surface area contributed by atoms with Crippen LogP contribution in [0.3, 0.4) is 0 Å². The number of carbonyl (C=O) groups is 2. The Balaban J connectivity index is 1.47. The second-order valence-corrected chi connectivity index (χ2v) is 9.27. The van der Waals surface area contributed by atoms with Gasteiger partial charge in [-0.05, 0) is 49.4 Å². The molecular formula is C22H19N3O3S2. The molecule has 2 amide bonds. The molecule has 2 atom stereocenters. The van der Waals surface area contributed by atoms with Gasteiger partial charge in [0.25, 0.3) is 5.91 Å². The van der Waals surface area contributed by atoms with Gasteiger partial charge in [0.05, 0.1) is 16.6 Å². The molecule has 0 fully saturated rings. The normalized spacial score (nSPS) is 16.2. The van der Waals surface area contributed by atoms with Crippen molar-refractivity contribution in [2.75, 3.05) is 15.4 Å². The van der Waals surface area contributed by atoms with Crippen LogP contribution in [0.5, 0.6) is 0 Å². The summed E-state index contributed by atoms with van der Waals surface area (Å²) in [7, 11) is 0. The Morgan fingerprint density at radius 2 is 1.80 bits per heavy atom. The Hall–Kier alpha value is -2.94. The summed E-state index contributed by atoms with van der Waals surface area (Å²) in [6.45, 7) is 1.84. The van der Waals surface area contributed by atoms with E-state index in [0.717, 1.165) is 10.6 Å². The third-order valence-electron chi connectivity index (χ3n) is 4.46. The zero-order valence-corrected chi connectivity index (χ0v) is 17.7. The average Bonchev–Trinajstić information content (AvgIpc) is 2.75. The molecular weight excluding hydrogens is 418 g/mol. The molecule has 0 aliphatic carbocycles. The van der Waals surface area contributed by atoms with Crippen LogP contribution in [0.15, 0.2) is 82.6 Å². The SMILES string of the molecule is C[C@H]1Sc2ccc(C(=O)Nc3cccc([S+]([O-])Nc4ccccc4)c3)cc2NC1=O. The molecule has 1 aliphatic heterocycles. The molecule has 152 valence electrons. The van der Waals surface area contributed by atoms with Gasteiger partial charge in [-0.2, -0.15) is 0 Å². The van der Waals surface area contributed by atoms with E-state index >= 15 is 0 Å². The van der Waals surface area contributed by atoms with Crippen LogP contribution < -0.4 is 15.4 Å². The molecule has 0 saturated carbocycles. The molecule has 6 nitrogen and oxygen atoms in total. The number of amides is 2. The molecule has 8 heteroatoms. The van der Waals surface area contributed by atoms with Gasteiger partial charge in [-0.3, -0.25) is 9.59 Å². The minimum Gasteiger partial charge on any atom is -0.588 e. The zero-order valence-electron chi connectivity index (χ0n) is 16.0. The van der Waals surface area contributed by atoms with Crippen LogP contribution in [-0.2, 0) is 16.2 Å². The van der Waals surface area contributed by atoms with Gasteiger partial charge in [0.1, 0.15) is 11.4 Å². The average molecular weight is 438 g/mol. The first-order chi connectivity index (χ1) is 14.5. The smallest absolute Gasteiger partial charge is 0.255 e. The molecule has 1 unspecified atom stereocenters. The first kappa shape index (κ1) is 20.3. The van der Waals surface area contributed by atoms with E-state index in [2.05, 4.69) is 15.4 Å². The summed E-state index contributed by atoms with van der Waals surface area (Å²) in [4.78, 5) is 26.1. The van der Waals surface area contributed by atoms with Crippen molar-refractivity contribution in [1.29, 1.82) is 0 Å². The summed E-state index contributed by atoms with van der Waals surface area (Å²) in [5.74, 6) is -0.388. The van der Waals surface area contributed by atoms with Crippen molar-refractivity contribution in [2.45, 2.75) is 22.0 Å². The van der Waals surface area contributed by atoms with Crippen LogP contribution in [0.1, 0.15) is 17.3 Å². The standard InChI is InChI=1S/C22H19N3O3S2/c1-14-21(26)24-19-12-15(10-11-20(19)29-14)22(27)23-17-8-5-9-18(13-17)30(28)25-16-6-3-2-4-7-16/h2-14,25H,1H3,(H,23,27)(H,24,26)/t14-,30?/m1/s1. The lowest BCUT2D eigenvalue weighted by atomic mass is 10.1. The van der Waals surface area contributed by atoms with Gasteiger partial charge in [-0.15, -0.1) is 11.8 Å². The number of rotatable bonds is 5. The summed E-state index contributed by atoms with van der Waals surface area (Å²) in [6.07, 6.45) is 0. The summed E-state index contributed by atoms with van der Waals surface area (Å²) >= 11 is 0.000810. The van der Waals surface area contributed by atoms with E-state index in [-0.39, 0.29) is 17.1 Å². The number of benzene rings is 3. The number of hydrogen-bond donors (Lipinski definition) is 3. The molecule has 1 heterocycles. The van der Waals surface area contributed by atoms with E-state index in [1.54, 1.807) is 36.4 Å². The lowest BCUT2D eigenvalue weighted by Gasteiger charge is -2.21. The predicted octanol–water partition coefficient (Wildman–Crippen LogP) is 4.51. The molecule has 3 aromatic carbocycles. The minimum absolute atomic E-state index is 0.0776. The first-order valence-corrected chi connectivity index (χ1v) is 11.3. The number of fused-ring (bicyclic) bond motifs is 1. The topological polar surface area (TPSA) is 93.3 Å². The molecule has 3 N–H and O–H groups in total. The summed E-state index contributed by atoms with van der Waals surface area (Å²) in [5, 5.41) is 5.49. The summed E-state index contributed by atoms with van der Waals surface area (Å²) < 4.78 is 15.5. The van der Waals surface area contributed by atoms with E-state index in [9.17, 15) is 14.1 Å². The van der Waals surface area contributed by atoms with Gasteiger partial charge in [-0.1, -0.05) is 24.3 Å². The first-order valence-electron chi connectivity index (χ1n) is 9.26. The molecule has 1 aliphatic rings. The van der Waals surface area contributed by atoms with Crippen molar-refractivity contribution in [3.8, 4) is 0 Å². The molecule has 30 heavy (non-hydrogen) atoms. The molecule has 0 spiro atoms. The fourth-order valence-corrected chi connectivity index (χ4v) is 4.75. The predicted molar refractivity (Wildman–Crippen MR) is 121 cm³/mol. The molecule has 0 aromatic heterocycles. The fraction of sp³-hybridized carbons (Fsp3) is 0.0909. The van der Waals surface area contributed by atoms with Crippen LogP contribution in [0.2, 0.25) is 0 Å². The van der Waals surface area contributed by atoms with Gasteiger partial charge in [-0.25, -0.2) is 4.72 Å². The van der Waals surface area contributed by atoms with Gasteiger partial charge in [0.15, 0.2) is 4.90 Å². The molecule has 0 radical (unpaired) electrons. The van der Waals surface area contributed by atoms with Crippen molar-refractivity contribution in [3.05, 3.63) is 78.4 Å². The van der Waals surface area contributed by atoms with E-state index in [1.807, 2.05) is 43.3 Å². The Labute approximate surface area is 181 Å². The maximum Gasteiger partial charge on any atom is 0.255 e. The second kappa shape index (κ2) is 8.83. The van der Waals surface area contributed by atoms with Crippen molar-refractivity contribution in [2.24, 2.45) is 0 Å². The van der Waals surface area contributed by atoms with E-state index in [1.165, 1.54) is 11.8 Å². The highest BCUT2D eigenvalue weighted by atomic mass is 32.2. The molecule has 0 saturated heterocycles. The van der Waals surface area contributed by atoms with Crippen molar-refractivity contribution >= 4 is 52.0 Å². The Morgan fingerprint density at radius 1 is 1.03 bits per heavy atom. The maximum absolute atomic E-state index is 12.7. The van der Waals surface area contributed by atoms with Crippen LogP contribution in [0.25, 0.3) is 0 Å². The fourth-order valence-electron chi connectivity index (χ4n) is 2.91. The van der Waals surface area contributed by atoms with Gasteiger partial charge in [0.2, 0.25) is 5.91 Å². The lowest BCUT2D eigenvalue weighted by molar-refractivity contribution is -0.115. The summed E-state index contributed by atoms with van der Waals surface area (Å²) in [6, 6.07) is 21.4. The number of anilines is 3. The Morgan fingerprint density at radius 3 is 2.60 bits per heavy atom. The highest BCUT2D eigenvalue weighted by Gasteiger charge is 2.24. The number of para-hydroxylation sites is 1. The van der Waals surface area contributed by atoms with Crippen LogP contribution >= 0.6 is 11.8 Å². The van der Waals surface area contributed by atoms with E-state index in [4.69, 9.17) is 0 Å². The Bertz CT molecular complexity index is 1090. The van der Waals surface area contributed by atoms with Crippen LogP contribution in [0, 0.1) is 0 Å². The van der Waals surface area contributed by atoms with Crippen molar-refractivity contribution < 1.29 is 14.1 Å². The third kappa shape index (κ3) is 4.62. The number of hydrogen-bond acceptors (Lipinski definition) is 5. The van der Waals surface area contributed by atoms with Gasteiger partial charge < -0.3 is 15.2 Å². The number of nitrogens with one attached hydrogen (secondary N) is 3. The second-order valence-electron chi connectivity index (χ2n) is 6.68. The molecule has 4 rings (SSSR count). The largest absolute Gasteiger partial charge is 0.588 e. The summed E-state index contributed by atoms with van der Waals surface area (Å²) in [5.41, 5.74) is 2.34. The quantitative estimate of drug-likeness (QED) is 0.511. The Kier molecular flexibility index (Phi) is 5.98. The van der Waals surface area contributed by atoms with E-state index < -0.39 is 11.4 Å². The third-order valence-corrected chi connectivity index (χ3v) is 6.74. The molecule has 0 bridgehead atoms. The highest BCUT2D eigenvalue weighted by molar-refractivity contribution is 8.01. The van der Waals surface area contributed by atoms with E-state index in [0.29, 0.717) is 21.8 Å². The minimum atomic E-state index is -1.46.